The molecule has 0 saturated heterocycles. The van der Waals surface area contributed by atoms with E-state index in [1.807, 2.05) is 0 Å². The minimum absolute atomic E-state index is 0.00164. The third-order valence-corrected chi connectivity index (χ3v) is 16.7. The number of rotatable bonds is 8. The monoisotopic (exact) mass is 264 g/mol. The summed E-state index contributed by atoms with van der Waals surface area (Å²) >= 11 is 0. The Kier molecular flexibility index (Phi) is 6.82. The molecule has 0 spiro atoms. The van der Waals surface area contributed by atoms with Crippen LogP contribution in [0.1, 0.15) is 40.0 Å². The van der Waals surface area contributed by atoms with Crippen LogP contribution in [0.4, 0.5) is 0 Å². The van der Waals surface area contributed by atoms with Crippen molar-refractivity contribution in [1.29, 1.82) is 0 Å². The Morgan fingerprint density at radius 1 is 0.824 bits per heavy atom. The predicted octanol–water partition coefficient (Wildman–Crippen LogP) is 3.66. The molecule has 0 aliphatic carbocycles. The molecule has 17 heavy (non-hydrogen) atoms. The molecular formula is C15H28Si2. The Bertz CT molecular complexity index is 278. The molecule has 0 nitrogen and oxygen atoms in total. The third-order valence-electron chi connectivity index (χ3n) is 3.76. The molecule has 0 aromatic heterocycles. The molecule has 0 heterocycles. The minimum Gasteiger partial charge on any atom is -0.0695 e. The fourth-order valence-corrected chi connectivity index (χ4v) is 17.2. The zero-order valence-corrected chi connectivity index (χ0v) is 14.3. The van der Waals surface area contributed by atoms with Crippen molar-refractivity contribution in [2.75, 3.05) is 0 Å². The zero-order valence-electron chi connectivity index (χ0n) is 11.8. The first-order valence-electron chi connectivity index (χ1n) is 7.30. The number of benzene rings is 1. The first kappa shape index (κ1) is 14.7. The summed E-state index contributed by atoms with van der Waals surface area (Å²) in [4.78, 5) is 0. The van der Waals surface area contributed by atoms with E-state index in [4.69, 9.17) is 0 Å². The molecule has 0 fully saturated rings. The molecule has 0 aliphatic rings. The summed E-state index contributed by atoms with van der Waals surface area (Å²) in [6.45, 7) is 7.14. The molecule has 1 aromatic rings. The van der Waals surface area contributed by atoms with Crippen molar-refractivity contribution in [1.82, 2.24) is 0 Å². The Morgan fingerprint density at radius 3 is 1.71 bits per heavy atom. The molecule has 0 bridgehead atoms. The molecule has 0 N–H and O–H groups in total. The van der Waals surface area contributed by atoms with Crippen molar-refractivity contribution in [3.63, 3.8) is 0 Å². The van der Waals surface area contributed by atoms with Crippen molar-refractivity contribution >= 4 is 21.8 Å². The molecule has 0 amide bonds. The van der Waals surface area contributed by atoms with Crippen molar-refractivity contribution in [2.24, 2.45) is 0 Å². The van der Waals surface area contributed by atoms with Gasteiger partial charge in [0.15, 0.2) is 0 Å². The van der Waals surface area contributed by atoms with Crippen molar-refractivity contribution in [3.05, 3.63) is 30.3 Å². The van der Waals surface area contributed by atoms with Crippen LogP contribution in [0.2, 0.25) is 18.1 Å². The first-order chi connectivity index (χ1) is 8.26. The quantitative estimate of drug-likeness (QED) is 0.629. The van der Waals surface area contributed by atoms with Crippen LogP contribution in [0.25, 0.3) is 0 Å². The van der Waals surface area contributed by atoms with Gasteiger partial charge in [-0.3, -0.25) is 0 Å². The second-order valence-corrected chi connectivity index (χ2v) is 16.6. The van der Waals surface area contributed by atoms with Gasteiger partial charge in [0.25, 0.3) is 0 Å². The summed E-state index contributed by atoms with van der Waals surface area (Å²) in [6.07, 6.45) is 4.23. The van der Waals surface area contributed by atoms with Gasteiger partial charge in [0, 0.05) is 16.6 Å². The summed E-state index contributed by atoms with van der Waals surface area (Å²) in [5.41, 5.74) is 0. The lowest BCUT2D eigenvalue weighted by Gasteiger charge is -2.31. The van der Waals surface area contributed by atoms with E-state index in [1.54, 1.807) is 23.3 Å². The zero-order chi connectivity index (χ0) is 12.6. The molecule has 0 unspecified atom stereocenters. The first-order valence-corrected chi connectivity index (χ1v) is 13.0. The summed E-state index contributed by atoms with van der Waals surface area (Å²) in [5.74, 6) is 0. The highest BCUT2D eigenvalue weighted by Gasteiger charge is 2.30. The van der Waals surface area contributed by atoms with E-state index in [2.05, 4.69) is 51.1 Å². The van der Waals surface area contributed by atoms with Crippen LogP contribution in [-0.2, 0) is 0 Å². The normalized spacial score (nSPS) is 12.4. The molecule has 2 heteroatoms. The highest BCUT2D eigenvalue weighted by molar-refractivity contribution is 7.29. The van der Waals surface area contributed by atoms with Gasteiger partial charge in [0.1, 0.15) is 0 Å². The van der Waals surface area contributed by atoms with E-state index < -0.39 is 7.59 Å². The summed E-state index contributed by atoms with van der Waals surface area (Å²) in [6, 6.07) is 16.1. The van der Waals surface area contributed by atoms with Crippen molar-refractivity contribution < 1.29 is 0 Å². The Morgan fingerprint density at radius 2 is 1.29 bits per heavy atom. The van der Waals surface area contributed by atoms with Gasteiger partial charge in [-0.25, -0.2) is 0 Å². The largest absolute Gasteiger partial charge is 0.0695 e. The van der Waals surface area contributed by atoms with E-state index in [9.17, 15) is 0 Å². The topological polar surface area (TPSA) is 0 Å². The van der Waals surface area contributed by atoms with E-state index in [0.29, 0.717) is 0 Å². The summed E-state index contributed by atoms with van der Waals surface area (Å²) in [5, 5.41) is 1.72. The lowest BCUT2D eigenvalue weighted by Crippen LogP contribution is -2.47. The second-order valence-electron chi connectivity index (χ2n) is 5.41. The summed E-state index contributed by atoms with van der Waals surface area (Å²) < 4.78 is 0. The maximum atomic E-state index is 2.38. The van der Waals surface area contributed by atoms with Crippen LogP contribution in [0, 0.1) is 0 Å². The van der Waals surface area contributed by atoms with Gasteiger partial charge < -0.3 is 0 Å². The smallest absolute Gasteiger partial charge is 0.0499 e. The Balaban J connectivity index is 2.80. The standard InChI is InChI=1S/C15H28Si2/c1-4-12-17(13-5-2,14-6-3)16-15-10-8-7-9-11-15/h7-11H,4-6,12-14,16H2,1-3H3. The maximum Gasteiger partial charge on any atom is 0.0499 e. The van der Waals surface area contributed by atoms with Gasteiger partial charge in [0.2, 0.25) is 0 Å². The van der Waals surface area contributed by atoms with Crippen molar-refractivity contribution in [3.8, 4) is 0 Å². The lowest BCUT2D eigenvalue weighted by atomic mass is 10.4. The fraction of sp³-hybridized carbons (Fsp3) is 0.600. The van der Waals surface area contributed by atoms with Gasteiger partial charge >= 0.3 is 0 Å². The molecule has 1 rings (SSSR count). The van der Waals surface area contributed by atoms with Crippen LogP contribution in [0.3, 0.4) is 0 Å². The third kappa shape index (κ3) is 4.80. The predicted molar refractivity (Wildman–Crippen MR) is 85.7 cm³/mol. The van der Waals surface area contributed by atoms with E-state index in [1.165, 1.54) is 19.3 Å². The van der Waals surface area contributed by atoms with Gasteiger partial charge in [-0.15, -0.1) is 0 Å². The van der Waals surface area contributed by atoms with E-state index >= 15 is 0 Å². The molecule has 0 radical (unpaired) electrons. The molecule has 0 aliphatic heterocycles. The van der Waals surface area contributed by atoms with Crippen molar-refractivity contribution in [2.45, 2.75) is 58.2 Å². The van der Waals surface area contributed by atoms with Crippen LogP contribution < -0.4 is 5.19 Å². The SMILES string of the molecule is CCC[Si](CCC)(CCC)[SiH2]c1ccccc1. The van der Waals surface area contributed by atoms with E-state index in [0.717, 1.165) is 0 Å². The van der Waals surface area contributed by atoms with Gasteiger partial charge in [-0.1, -0.05) is 93.7 Å². The Hall–Kier alpha value is -0.346. The van der Waals surface area contributed by atoms with Gasteiger partial charge in [0.05, 0.1) is 0 Å². The fourth-order valence-electron chi connectivity index (χ4n) is 3.26. The highest BCUT2D eigenvalue weighted by Crippen LogP contribution is 2.24. The average molecular weight is 265 g/mol. The van der Waals surface area contributed by atoms with Crippen LogP contribution >= 0.6 is 0 Å². The second kappa shape index (κ2) is 7.88. The Labute approximate surface area is 110 Å². The average Bonchev–Trinajstić information content (AvgIpc) is 2.31. The molecular weight excluding hydrogens is 236 g/mol. The highest BCUT2D eigenvalue weighted by atomic mass is 29.2. The maximum absolute atomic E-state index is 2.38. The molecule has 0 saturated carbocycles. The van der Waals surface area contributed by atoms with Gasteiger partial charge in [-0.05, 0) is 0 Å². The number of hydrogen-bond donors (Lipinski definition) is 0. The minimum atomic E-state index is -0.897. The van der Waals surface area contributed by atoms with Gasteiger partial charge in [-0.2, -0.15) is 0 Å². The van der Waals surface area contributed by atoms with Crippen LogP contribution in [0.5, 0.6) is 0 Å². The summed E-state index contributed by atoms with van der Waals surface area (Å²) in [7, 11) is -0.896. The molecule has 0 atom stereocenters. The molecule has 1 aromatic carbocycles. The molecule has 96 valence electrons. The van der Waals surface area contributed by atoms with Crippen LogP contribution in [0.15, 0.2) is 30.3 Å². The lowest BCUT2D eigenvalue weighted by molar-refractivity contribution is 0.947. The number of hydrogen-bond acceptors (Lipinski definition) is 0. The van der Waals surface area contributed by atoms with E-state index in [-0.39, 0.29) is 9.04 Å². The van der Waals surface area contributed by atoms with Crippen LogP contribution in [-0.4, -0.2) is 16.6 Å².